The minimum atomic E-state index is -0.465. The van der Waals surface area contributed by atoms with Crippen molar-refractivity contribution in [2.45, 2.75) is 0 Å². The van der Waals surface area contributed by atoms with Crippen LogP contribution < -0.4 is 4.74 Å². The molecule has 4 aromatic carbocycles. The van der Waals surface area contributed by atoms with Crippen molar-refractivity contribution in [2.75, 3.05) is 13.7 Å². The number of ether oxygens (including phenoxy) is 2. The highest BCUT2D eigenvalue weighted by Gasteiger charge is 2.20. The molecule has 0 spiro atoms. The number of hydrogen-bond acceptors (Lipinski definition) is 5. The van der Waals surface area contributed by atoms with E-state index in [1.807, 2.05) is 72.8 Å². The lowest BCUT2D eigenvalue weighted by molar-refractivity contribution is -0.142. The maximum atomic E-state index is 12.2. The quantitative estimate of drug-likeness (QED) is 0.161. The second kappa shape index (κ2) is 14.1. The molecule has 9 rings (SSSR count). The molecular weight excluding hydrogens is 669 g/mol. The fourth-order valence-corrected chi connectivity index (χ4v) is 7.21. The molecule has 2 aliphatic heterocycles. The van der Waals surface area contributed by atoms with Crippen LogP contribution in [-0.2, 0) is 9.53 Å². The first kappa shape index (κ1) is 32.6. The number of para-hydroxylation sites is 1. The minimum absolute atomic E-state index is 0.226. The van der Waals surface area contributed by atoms with Crippen LogP contribution in [0.4, 0.5) is 0 Å². The van der Waals surface area contributed by atoms with E-state index in [1.165, 1.54) is 7.11 Å². The first-order valence-corrected chi connectivity index (χ1v) is 17.8. The Morgan fingerprint density at radius 3 is 1.28 bits per heavy atom. The zero-order valence-electron chi connectivity index (χ0n) is 29.4. The van der Waals surface area contributed by atoms with Crippen LogP contribution in [0.2, 0.25) is 0 Å². The third-order valence-electron chi connectivity index (χ3n) is 9.67. The smallest absolute Gasteiger partial charge is 0.343 e. The Labute approximate surface area is 312 Å². The number of benzene rings is 4. The van der Waals surface area contributed by atoms with Crippen LogP contribution in [0.15, 0.2) is 140 Å². The number of carbonyl (C=O) groups excluding carboxylic acids is 1. The third-order valence-corrected chi connectivity index (χ3v) is 9.67. The summed E-state index contributed by atoms with van der Waals surface area (Å²) in [5.74, 6) is 0.0697. The van der Waals surface area contributed by atoms with Gasteiger partial charge in [0.05, 0.1) is 29.9 Å². The summed E-state index contributed by atoms with van der Waals surface area (Å²) in [5, 5.41) is 0. The summed E-state index contributed by atoms with van der Waals surface area (Å²) in [7, 11) is 1.35. The van der Waals surface area contributed by atoms with Gasteiger partial charge in [-0.15, -0.1) is 0 Å². The van der Waals surface area contributed by atoms with E-state index < -0.39 is 5.97 Å². The van der Waals surface area contributed by atoms with Gasteiger partial charge in [0.2, 0.25) is 0 Å². The van der Waals surface area contributed by atoms with E-state index in [4.69, 9.17) is 19.4 Å². The highest BCUT2D eigenvalue weighted by Crippen LogP contribution is 2.40. The molecule has 0 amide bonds. The summed E-state index contributed by atoms with van der Waals surface area (Å²) in [5.41, 5.74) is 14.5. The van der Waals surface area contributed by atoms with Crippen molar-refractivity contribution in [2.24, 2.45) is 0 Å². The van der Waals surface area contributed by atoms with Crippen molar-refractivity contribution in [3.05, 3.63) is 162 Å². The molecule has 0 unspecified atom stereocenters. The SMILES string of the molecule is COC(=O)COc1ccccc1-c1c2nc(c(-c3ccccc3)c3ccc([nH]3)c(-c3ccccc3)c3nc(c(-c4ccccc4)c4ccc1[nH]4)C=C3)C=C2. The van der Waals surface area contributed by atoms with Gasteiger partial charge in [0, 0.05) is 49.9 Å². The summed E-state index contributed by atoms with van der Waals surface area (Å²) >= 11 is 0. The Morgan fingerprint density at radius 1 is 0.481 bits per heavy atom. The number of methoxy groups -OCH3 is 1. The van der Waals surface area contributed by atoms with Crippen LogP contribution in [0, 0.1) is 0 Å². The molecule has 0 fully saturated rings. The number of esters is 1. The zero-order chi connectivity index (χ0) is 36.4. The minimum Gasteiger partial charge on any atom is -0.481 e. The van der Waals surface area contributed by atoms with Gasteiger partial charge in [0.25, 0.3) is 0 Å². The second-order valence-corrected chi connectivity index (χ2v) is 13.0. The number of hydrogen-bond donors (Lipinski definition) is 2. The highest BCUT2D eigenvalue weighted by molar-refractivity contribution is 6.00. The van der Waals surface area contributed by atoms with Crippen LogP contribution >= 0.6 is 0 Å². The van der Waals surface area contributed by atoms with E-state index in [1.54, 1.807) is 0 Å². The molecular formula is C47H34N4O3. The van der Waals surface area contributed by atoms with Crippen molar-refractivity contribution in [1.82, 2.24) is 19.9 Å². The number of H-pyrrole nitrogens is 2. The predicted octanol–water partition coefficient (Wildman–Crippen LogP) is 10.9. The number of aromatic amines is 2. The summed E-state index contributed by atoms with van der Waals surface area (Å²) in [4.78, 5) is 30.4. The largest absolute Gasteiger partial charge is 0.481 e. The molecule has 5 heterocycles. The molecule has 7 aromatic rings. The summed E-state index contributed by atoms with van der Waals surface area (Å²) in [6.07, 6.45) is 8.30. The number of fused-ring (bicyclic) bond motifs is 8. The second-order valence-electron chi connectivity index (χ2n) is 13.0. The highest BCUT2D eigenvalue weighted by atomic mass is 16.6. The first-order chi connectivity index (χ1) is 26.6. The molecule has 8 bridgehead atoms. The fourth-order valence-electron chi connectivity index (χ4n) is 7.21. The van der Waals surface area contributed by atoms with Gasteiger partial charge < -0.3 is 19.4 Å². The van der Waals surface area contributed by atoms with Crippen LogP contribution in [0.3, 0.4) is 0 Å². The molecule has 0 atom stereocenters. The Hall–Kier alpha value is -7.25. The topological polar surface area (TPSA) is 92.9 Å². The van der Waals surface area contributed by atoms with Crippen molar-refractivity contribution in [3.8, 4) is 50.3 Å². The third kappa shape index (κ3) is 6.07. The monoisotopic (exact) mass is 702 g/mol. The van der Waals surface area contributed by atoms with Crippen LogP contribution in [0.25, 0.3) is 90.9 Å². The summed E-state index contributed by atoms with van der Waals surface area (Å²) < 4.78 is 11.0. The number of nitrogens with zero attached hydrogens (tertiary/aromatic N) is 2. The number of aromatic nitrogens is 4. The van der Waals surface area contributed by atoms with Crippen LogP contribution in [0.1, 0.15) is 22.8 Å². The van der Waals surface area contributed by atoms with Gasteiger partial charge in [-0.3, -0.25) is 0 Å². The van der Waals surface area contributed by atoms with E-state index in [-0.39, 0.29) is 6.61 Å². The molecule has 260 valence electrons. The molecule has 2 aliphatic rings. The van der Waals surface area contributed by atoms with Gasteiger partial charge in [-0.05, 0) is 71.3 Å². The van der Waals surface area contributed by atoms with Gasteiger partial charge in [-0.1, -0.05) is 109 Å². The lowest BCUT2D eigenvalue weighted by atomic mass is 10.0. The van der Waals surface area contributed by atoms with Gasteiger partial charge in [0.1, 0.15) is 5.75 Å². The zero-order valence-corrected chi connectivity index (χ0v) is 29.4. The van der Waals surface area contributed by atoms with Crippen molar-refractivity contribution >= 4 is 52.3 Å². The van der Waals surface area contributed by atoms with Crippen LogP contribution in [0.5, 0.6) is 5.75 Å². The van der Waals surface area contributed by atoms with Crippen molar-refractivity contribution in [3.63, 3.8) is 0 Å². The summed E-state index contributed by atoms with van der Waals surface area (Å²) in [6, 6.07) is 47.1. The van der Waals surface area contributed by atoms with Gasteiger partial charge in [0.15, 0.2) is 6.61 Å². The van der Waals surface area contributed by atoms with E-state index >= 15 is 0 Å². The summed E-state index contributed by atoms with van der Waals surface area (Å²) in [6.45, 7) is -0.226. The first-order valence-electron chi connectivity index (χ1n) is 17.8. The number of nitrogens with one attached hydrogen (secondary N) is 2. The number of rotatable bonds is 7. The number of carbonyl (C=O) groups is 1. The normalized spacial score (nSPS) is 11.8. The molecule has 7 nitrogen and oxygen atoms in total. The fraction of sp³-hybridized carbons (Fsp3) is 0.0426. The molecule has 7 heteroatoms. The lowest BCUT2D eigenvalue weighted by Gasteiger charge is -2.12. The molecule has 2 N–H and O–H groups in total. The van der Waals surface area contributed by atoms with Crippen molar-refractivity contribution < 1.29 is 14.3 Å². The van der Waals surface area contributed by atoms with Gasteiger partial charge in [-0.25, -0.2) is 14.8 Å². The van der Waals surface area contributed by atoms with Gasteiger partial charge >= 0.3 is 5.97 Å². The lowest BCUT2D eigenvalue weighted by Crippen LogP contribution is -2.13. The predicted molar refractivity (Wildman–Crippen MR) is 218 cm³/mol. The molecule has 0 aliphatic carbocycles. The Kier molecular flexibility index (Phi) is 8.49. The van der Waals surface area contributed by atoms with E-state index in [0.29, 0.717) is 5.75 Å². The average Bonchev–Trinajstić information content (AvgIpc) is 4.07. The van der Waals surface area contributed by atoms with Gasteiger partial charge in [-0.2, -0.15) is 0 Å². The Morgan fingerprint density at radius 2 is 0.852 bits per heavy atom. The van der Waals surface area contributed by atoms with E-state index in [9.17, 15) is 4.79 Å². The van der Waals surface area contributed by atoms with Crippen molar-refractivity contribution in [1.29, 1.82) is 0 Å². The maximum Gasteiger partial charge on any atom is 0.343 e. The molecule has 54 heavy (non-hydrogen) atoms. The molecule has 0 saturated carbocycles. The van der Waals surface area contributed by atoms with E-state index in [0.717, 1.165) is 89.4 Å². The van der Waals surface area contributed by atoms with E-state index in [2.05, 4.69) is 101 Å². The molecule has 0 radical (unpaired) electrons. The van der Waals surface area contributed by atoms with Crippen LogP contribution in [-0.4, -0.2) is 39.6 Å². The Balaban J connectivity index is 1.44. The average molecular weight is 703 g/mol. The Bertz CT molecular complexity index is 2730. The standard InChI is InChI=1S/C47H34N4O3/c1-53-43(52)29-54-42-20-12-11-19-33(42)47-40-27-25-38(50-40)45(31-15-7-3-8-16-31)36-23-21-34(48-36)44(30-13-5-2-6-14-30)35-22-24-37(49-35)46(32-17-9-4-10-18-32)39-26-28-41(47)51-39/h2-28,48,51H,29H2,1H3. The molecule has 0 saturated heterocycles. The maximum absolute atomic E-state index is 12.2. The molecule has 3 aromatic heterocycles.